The number of rotatable bonds is 8. The molecule has 12 nitrogen and oxygen atoms in total. The van der Waals surface area contributed by atoms with E-state index >= 15 is 0 Å². The third kappa shape index (κ3) is 6.03. The van der Waals surface area contributed by atoms with Crippen LogP contribution in [0.25, 0.3) is 0 Å². The van der Waals surface area contributed by atoms with E-state index in [0.717, 1.165) is 49.8 Å². The van der Waals surface area contributed by atoms with E-state index in [4.69, 9.17) is 9.47 Å². The molecular formula is C26H30N10O2. The zero-order valence-electron chi connectivity index (χ0n) is 21.1. The Balaban J connectivity index is 1.02. The molecule has 2 saturated heterocycles. The Bertz CT molecular complexity index is 1300. The van der Waals surface area contributed by atoms with Crippen LogP contribution < -0.4 is 15.1 Å². The van der Waals surface area contributed by atoms with Gasteiger partial charge in [-0.25, -0.2) is 19.9 Å². The molecule has 12 heteroatoms. The number of benzene rings is 1. The number of hydrogen-bond donors (Lipinski definition) is 1. The van der Waals surface area contributed by atoms with Crippen molar-refractivity contribution in [3.05, 3.63) is 72.6 Å². The maximum Gasteiger partial charge on any atom is 0.232 e. The SMILES string of the molecule is c1ccc(Cc2cnc(N3CCN(c4ncnc(Nc5cnn(C[C@@H]6COCCO6)c5)n4)CC3)nc2)cc1. The summed E-state index contributed by atoms with van der Waals surface area (Å²) in [5, 5.41) is 7.63. The Kier molecular flexibility index (Phi) is 7.31. The van der Waals surface area contributed by atoms with E-state index in [9.17, 15) is 0 Å². The Morgan fingerprint density at radius 2 is 1.63 bits per heavy atom. The molecule has 196 valence electrons. The first-order valence-corrected chi connectivity index (χ1v) is 12.8. The van der Waals surface area contributed by atoms with Gasteiger partial charge in [-0.15, -0.1) is 0 Å². The summed E-state index contributed by atoms with van der Waals surface area (Å²) >= 11 is 0. The molecule has 0 bridgehead atoms. The van der Waals surface area contributed by atoms with Gasteiger partial charge in [0.15, 0.2) is 0 Å². The van der Waals surface area contributed by atoms with Crippen molar-refractivity contribution in [2.75, 3.05) is 61.1 Å². The fraction of sp³-hybridized carbons (Fsp3) is 0.385. The van der Waals surface area contributed by atoms with E-state index in [-0.39, 0.29) is 6.10 Å². The Labute approximate surface area is 220 Å². The highest BCUT2D eigenvalue weighted by atomic mass is 16.6. The molecule has 4 aromatic rings. The number of nitrogens with zero attached hydrogens (tertiary/aromatic N) is 9. The topological polar surface area (TPSA) is 119 Å². The zero-order valence-corrected chi connectivity index (χ0v) is 21.1. The Hall–Kier alpha value is -4.16. The Morgan fingerprint density at radius 3 is 2.39 bits per heavy atom. The second-order valence-electron chi connectivity index (χ2n) is 9.28. The lowest BCUT2D eigenvalue weighted by Crippen LogP contribution is -2.47. The van der Waals surface area contributed by atoms with Gasteiger partial charge in [-0.05, 0) is 11.1 Å². The highest BCUT2D eigenvalue weighted by molar-refractivity contribution is 5.51. The summed E-state index contributed by atoms with van der Waals surface area (Å²) in [7, 11) is 0. The van der Waals surface area contributed by atoms with Gasteiger partial charge in [0.25, 0.3) is 0 Å². The van der Waals surface area contributed by atoms with E-state index in [0.29, 0.717) is 38.3 Å². The normalized spacial score (nSPS) is 17.9. The smallest absolute Gasteiger partial charge is 0.232 e. The fourth-order valence-electron chi connectivity index (χ4n) is 4.55. The number of anilines is 4. The monoisotopic (exact) mass is 514 g/mol. The van der Waals surface area contributed by atoms with Crippen molar-refractivity contribution in [1.29, 1.82) is 0 Å². The van der Waals surface area contributed by atoms with Gasteiger partial charge in [-0.1, -0.05) is 30.3 Å². The molecule has 0 spiro atoms. The van der Waals surface area contributed by atoms with E-state index in [2.05, 4.69) is 57.3 Å². The van der Waals surface area contributed by atoms with Gasteiger partial charge in [0.05, 0.1) is 38.2 Å². The molecule has 2 fully saturated rings. The van der Waals surface area contributed by atoms with Crippen LogP contribution in [0.1, 0.15) is 11.1 Å². The van der Waals surface area contributed by atoms with Gasteiger partial charge in [0, 0.05) is 51.2 Å². The van der Waals surface area contributed by atoms with Crippen molar-refractivity contribution >= 4 is 23.5 Å². The largest absolute Gasteiger partial charge is 0.376 e. The molecule has 38 heavy (non-hydrogen) atoms. The highest BCUT2D eigenvalue weighted by Crippen LogP contribution is 2.18. The minimum Gasteiger partial charge on any atom is -0.376 e. The molecule has 6 rings (SSSR count). The first-order chi connectivity index (χ1) is 18.8. The number of aromatic nitrogens is 7. The van der Waals surface area contributed by atoms with Crippen molar-refractivity contribution in [1.82, 2.24) is 34.7 Å². The van der Waals surface area contributed by atoms with Crippen LogP contribution in [0.15, 0.2) is 61.4 Å². The molecule has 1 aromatic carbocycles. The third-order valence-corrected chi connectivity index (χ3v) is 6.51. The van der Waals surface area contributed by atoms with Gasteiger partial charge in [0.2, 0.25) is 17.8 Å². The van der Waals surface area contributed by atoms with Crippen LogP contribution in [0.5, 0.6) is 0 Å². The first kappa shape index (κ1) is 24.2. The Morgan fingerprint density at radius 1 is 0.842 bits per heavy atom. The quantitative estimate of drug-likeness (QED) is 0.371. The molecule has 0 amide bonds. The lowest BCUT2D eigenvalue weighted by Gasteiger charge is -2.34. The van der Waals surface area contributed by atoms with Crippen molar-refractivity contribution in [3.63, 3.8) is 0 Å². The molecule has 3 aromatic heterocycles. The van der Waals surface area contributed by atoms with Crippen LogP contribution in [0.2, 0.25) is 0 Å². The van der Waals surface area contributed by atoms with Crippen LogP contribution in [0.3, 0.4) is 0 Å². The summed E-state index contributed by atoms with van der Waals surface area (Å²) in [4.78, 5) is 26.9. The van der Waals surface area contributed by atoms with Crippen molar-refractivity contribution < 1.29 is 9.47 Å². The van der Waals surface area contributed by atoms with E-state index in [1.807, 2.05) is 41.5 Å². The molecule has 0 aliphatic carbocycles. The molecule has 0 radical (unpaired) electrons. The summed E-state index contributed by atoms with van der Waals surface area (Å²) in [5.74, 6) is 1.87. The molecule has 0 saturated carbocycles. The van der Waals surface area contributed by atoms with E-state index in [1.54, 1.807) is 6.20 Å². The fourth-order valence-corrected chi connectivity index (χ4v) is 4.55. The minimum atomic E-state index is 0.0107. The molecule has 2 aliphatic rings. The molecule has 1 N–H and O–H groups in total. The highest BCUT2D eigenvalue weighted by Gasteiger charge is 2.21. The van der Waals surface area contributed by atoms with Crippen molar-refractivity contribution in [3.8, 4) is 0 Å². The number of piperazine rings is 1. The van der Waals surface area contributed by atoms with Gasteiger partial charge in [0.1, 0.15) is 12.4 Å². The third-order valence-electron chi connectivity index (χ3n) is 6.51. The lowest BCUT2D eigenvalue weighted by atomic mass is 10.1. The first-order valence-electron chi connectivity index (χ1n) is 12.8. The predicted octanol–water partition coefficient (Wildman–Crippen LogP) is 1.93. The second-order valence-corrected chi connectivity index (χ2v) is 9.28. The summed E-state index contributed by atoms with van der Waals surface area (Å²) in [6.45, 7) is 5.58. The van der Waals surface area contributed by atoms with E-state index in [1.165, 1.54) is 11.9 Å². The molecular weight excluding hydrogens is 484 g/mol. The van der Waals surface area contributed by atoms with Crippen molar-refractivity contribution in [2.24, 2.45) is 0 Å². The molecule has 1 atom stereocenters. The maximum absolute atomic E-state index is 5.70. The number of ether oxygens (including phenoxy) is 2. The van der Waals surface area contributed by atoms with Crippen LogP contribution in [-0.4, -0.2) is 86.8 Å². The average Bonchev–Trinajstić information content (AvgIpc) is 3.41. The molecule has 2 aliphatic heterocycles. The maximum atomic E-state index is 5.70. The molecule has 0 unspecified atom stereocenters. The van der Waals surface area contributed by atoms with Gasteiger partial charge < -0.3 is 24.6 Å². The van der Waals surface area contributed by atoms with Gasteiger partial charge in [-0.3, -0.25) is 4.68 Å². The van der Waals surface area contributed by atoms with Crippen molar-refractivity contribution in [2.45, 2.75) is 19.1 Å². The lowest BCUT2D eigenvalue weighted by molar-refractivity contribution is -0.0946. The van der Waals surface area contributed by atoms with Crippen LogP contribution in [-0.2, 0) is 22.4 Å². The summed E-state index contributed by atoms with van der Waals surface area (Å²) in [6.07, 6.45) is 9.87. The predicted molar refractivity (Wildman–Crippen MR) is 142 cm³/mol. The van der Waals surface area contributed by atoms with Gasteiger partial charge in [-0.2, -0.15) is 10.1 Å². The number of nitrogens with one attached hydrogen (secondary N) is 1. The average molecular weight is 515 g/mol. The number of hydrogen-bond acceptors (Lipinski definition) is 11. The summed E-state index contributed by atoms with van der Waals surface area (Å²) in [6, 6.07) is 10.4. The van der Waals surface area contributed by atoms with Crippen LogP contribution in [0.4, 0.5) is 23.5 Å². The van der Waals surface area contributed by atoms with Crippen LogP contribution in [0, 0.1) is 0 Å². The summed E-state index contributed by atoms with van der Waals surface area (Å²) in [5.41, 5.74) is 3.16. The van der Waals surface area contributed by atoms with Gasteiger partial charge >= 0.3 is 0 Å². The summed E-state index contributed by atoms with van der Waals surface area (Å²) < 4.78 is 13.0. The van der Waals surface area contributed by atoms with E-state index < -0.39 is 0 Å². The molecule has 5 heterocycles. The minimum absolute atomic E-state index is 0.0107. The second kappa shape index (κ2) is 11.5. The van der Waals surface area contributed by atoms with Crippen LogP contribution >= 0.6 is 0 Å². The standard InChI is InChI=1S/C26H30N10O2/c1-2-4-20(5-3-1)12-21-13-27-25(28-14-21)34-6-8-35(9-7-34)26-30-19-29-24(33-26)32-22-15-31-36(16-22)17-23-18-37-10-11-38-23/h1-5,13-16,19,23H,6-12,17-18H2,(H,29,30,32,33)/t23-/m1/s1. The zero-order chi connectivity index (χ0) is 25.6.